The number of Topliss-reactive ketones (excluding diaryl/α,β-unsaturated/α-hetero) is 2. The smallest absolute Gasteiger partial charge is 0.177 e. The van der Waals surface area contributed by atoms with E-state index in [9.17, 15) is 14.7 Å². The number of phenolic OH excluding ortho intramolecular Hbond substituents is 1. The fourth-order valence-corrected chi connectivity index (χ4v) is 4.84. The summed E-state index contributed by atoms with van der Waals surface area (Å²) in [6.45, 7) is 5.73. The maximum atomic E-state index is 12.8. The molecule has 0 spiro atoms. The highest BCUT2D eigenvalue weighted by molar-refractivity contribution is 6.11. The number of phenols is 1. The van der Waals surface area contributed by atoms with Gasteiger partial charge in [0.15, 0.2) is 5.78 Å². The van der Waals surface area contributed by atoms with Crippen molar-refractivity contribution >= 4 is 11.6 Å². The van der Waals surface area contributed by atoms with Gasteiger partial charge < -0.3 is 14.6 Å². The zero-order valence-corrected chi connectivity index (χ0v) is 23.1. The third-order valence-electron chi connectivity index (χ3n) is 6.94. The van der Waals surface area contributed by atoms with Crippen molar-refractivity contribution in [3.63, 3.8) is 0 Å². The molecule has 0 saturated heterocycles. The first kappa shape index (κ1) is 31.0. The lowest BCUT2D eigenvalue weighted by Crippen LogP contribution is -2.11. The molecule has 1 aromatic carbocycles. The van der Waals surface area contributed by atoms with E-state index in [2.05, 4.69) is 6.92 Å². The lowest BCUT2D eigenvalue weighted by Gasteiger charge is -2.18. The van der Waals surface area contributed by atoms with Crippen LogP contribution in [-0.2, 0) is 4.79 Å². The maximum absolute atomic E-state index is 12.8. The molecule has 0 saturated carbocycles. The number of unbranched alkanes of at least 4 members (excludes halogenated alkanes) is 14. The van der Waals surface area contributed by atoms with Crippen LogP contribution in [0.5, 0.6) is 17.2 Å². The zero-order valence-electron chi connectivity index (χ0n) is 23.1. The minimum atomic E-state index is -0.404. The number of rotatable bonds is 21. The molecule has 5 nitrogen and oxygen atoms in total. The van der Waals surface area contributed by atoms with Gasteiger partial charge in [-0.3, -0.25) is 9.59 Å². The van der Waals surface area contributed by atoms with Gasteiger partial charge in [0.25, 0.3) is 0 Å². The summed E-state index contributed by atoms with van der Waals surface area (Å²) in [6, 6.07) is 0. The number of hydrogen-bond acceptors (Lipinski definition) is 5. The normalized spacial score (nSPS) is 11.0. The van der Waals surface area contributed by atoms with Crippen LogP contribution in [0, 0.1) is 13.8 Å². The lowest BCUT2D eigenvalue weighted by atomic mass is 9.95. The Bertz CT molecular complexity index is 769. The first-order valence-corrected chi connectivity index (χ1v) is 13.9. The van der Waals surface area contributed by atoms with Crippen LogP contribution in [0.4, 0.5) is 0 Å². The van der Waals surface area contributed by atoms with E-state index < -0.39 is 5.78 Å². The summed E-state index contributed by atoms with van der Waals surface area (Å²) in [7, 11) is 2.96. The Kier molecular flexibility index (Phi) is 16.2. The number of aromatic hydroxyl groups is 1. The first-order valence-electron chi connectivity index (χ1n) is 13.9. The van der Waals surface area contributed by atoms with Gasteiger partial charge in [-0.1, -0.05) is 96.8 Å². The van der Waals surface area contributed by atoms with Gasteiger partial charge in [-0.2, -0.15) is 0 Å². The largest absolute Gasteiger partial charge is 0.507 e. The van der Waals surface area contributed by atoms with Gasteiger partial charge in [-0.25, -0.2) is 0 Å². The number of benzene rings is 1. The standard InChI is InChI=1S/C30H50O5/c1-6-7-8-9-10-11-12-13-14-15-16-17-18-19-20-21-25(31)22-26(32)27-28(33)23(2)29(34-4)24(3)30(27)35-5/h33H,6-22H2,1-5H3. The Labute approximate surface area is 214 Å². The molecule has 1 N–H and O–H groups in total. The van der Waals surface area contributed by atoms with E-state index in [-0.39, 0.29) is 29.3 Å². The van der Waals surface area contributed by atoms with Crippen molar-refractivity contribution < 1.29 is 24.2 Å². The van der Waals surface area contributed by atoms with E-state index in [4.69, 9.17) is 9.47 Å². The van der Waals surface area contributed by atoms with Crippen LogP contribution in [0.15, 0.2) is 0 Å². The van der Waals surface area contributed by atoms with E-state index >= 15 is 0 Å². The van der Waals surface area contributed by atoms with Gasteiger partial charge in [-0.05, 0) is 20.3 Å². The van der Waals surface area contributed by atoms with Gasteiger partial charge in [0.2, 0.25) is 0 Å². The van der Waals surface area contributed by atoms with Crippen LogP contribution >= 0.6 is 0 Å². The van der Waals surface area contributed by atoms with Gasteiger partial charge in [0, 0.05) is 17.5 Å². The second-order valence-electron chi connectivity index (χ2n) is 9.88. The fraction of sp³-hybridized carbons (Fsp3) is 0.733. The van der Waals surface area contributed by atoms with Crippen LogP contribution in [0.3, 0.4) is 0 Å². The molecule has 200 valence electrons. The predicted molar refractivity (Wildman–Crippen MR) is 144 cm³/mol. The van der Waals surface area contributed by atoms with E-state index in [1.165, 1.54) is 91.3 Å². The number of ether oxygens (including phenoxy) is 2. The molecular formula is C30H50O5. The van der Waals surface area contributed by atoms with Crippen LogP contribution in [0.1, 0.15) is 138 Å². The Morgan fingerprint density at radius 1 is 0.657 bits per heavy atom. The average Bonchev–Trinajstić information content (AvgIpc) is 2.83. The number of methoxy groups -OCH3 is 2. The third-order valence-corrected chi connectivity index (χ3v) is 6.94. The summed E-state index contributed by atoms with van der Waals surface area (Å²) >= 11 is 0. The van der Waals surface area contributed by atoms with Crippen LogP contribution < -0.4 is 9.47 Å². The van der Waals surface area contributed by atoms with Crippen molar-refractivity contribution in [2.75, 3.05) is 14.2 Å². The molecule has 0 unspecified atom stereocenters. The van der Waals surface area contributed by atoms with Crippen molar-refractivity contribution in [2.24, 2.45) is 0 Å². The SMILES string of the molecule is CCCCCCCCCCCCCCCCCC(=O)CC(=O)c1c(O)c(C)c(OC)c(C)c1OC. The molecule has 0 aliphatic heterocycles. The van der Waals surface area contributed by atoms with Crippen LogP contribution in [-0.4, -0.2) is 30.9 Å². The summed E-state index contributed by atoms with van der Waals surface area (Å²) in [5, 5.41) is 10.6. The summed E-state index contributed by atoms with van der Waals surface area (Å²) in [5.41, 5.74) is 1.20. The second-order valence-corrected chi connectivity index (χ2v) is 9.88. The van der Waals surface area contributed by atoms with Crippen molar-refractivity contribution in [1.82, 2.24) is 0 Å². The molecule has 0 fully saturated rings. The molecule has 1 aromatic rings. The summed E-state index contributed by atoms with van der Waals surface area (Å²) in [4.78, 5) is 25.2. The quantitative estimate of drug-likeness (QED) is 0.106. The molecule has 0 amide bonds. The molecule has 0 bridgehead atoms. The number of carbonyl (C=O) groups excluding carboxylic acids is 2. The van der Waals surface area contributed by atoms with Crippen molar-refractivity contribution in [2.45, 2.75) is 130 Å². The Morgan fingerprint density at radius 3 is 1.51 bits per heavy atom. The van der Waals surface area contributed by atoms with E-state index in [0.29, 0.717) is 23.3 Å². The summed E-state index contributed by atoms with van der Waals surface area (Å²) < 4.78 is 10.7. The molecule has 0 radical (unpaired) electrons. The molecule has 1 rings (SSSR count). The molecule has 35 heavy (non-hydrogen) atoms. The molecule has 0 aromatic heterocycles. The topological polar surface area (TPSA) is 72.8 Å². The summed E-state index contributed by atoms with van der Waals surface area (Å²) in [6.07, 6.45) is 19.4. The highest BCUT2D eigenvalue weighted by Gasteiger charge is 2.26. The van der Waals surface area contributed by atoms with Crippen molar-refractivity contribution in [3.8, 4) is 17.2 Å². The minimum Gasteiger partial charge on any atom is -0.507 e. The highest BCUT2D eigenvalue weighted by Crippen LogP contribution is 2.42. The van der Waals surface area contributed by atoms with Gasteiger partial charge in [0.05, 0.1) is 20.6 Å². The van der Waals surface area contributed by atoms with Gasteiger partial charge in [-0.15, -0.1) is 0 Å². The van der Waals surface area contributed by atoms with E-state index in [1.54, 1.807) is 13.8 Å². The Morgan fingerprint density at radius 2 is 1.09 bits per heavy atom. The molecule has 0 atom stereocenters. The van der Waals surface area contributed by atoms with E-state index in [1.807, 2.05) is 0 Å². The van der Waals surface area contributed by atoms with Crippen molar-refractivity contribution in [3.05, 3.63) is 16.7 Å². The van der Waals surface area contributed by atoms with Crippen molar-refractivity contribution in [1.29, 1.82) is 0 Å². The Balaban J connectivity index is 2.21. The molecule has 0 heterocycles. The number of carbonyl (C=O) groups is 2. The maximum Gasteiger partial charge on any atom is 0.177 e. The van der Waals surface area contributed by atoms with Gasteiger partial charge >= 0.3 is 0 Å². The predicted octanol–water partition coefficient (Wildman–Crippen LogP) is 8.43. The average molecular weight is 491 g/mol. The monoisotopic (exact) mass is 490 g/mol. The number of ketones is 2. The first-order chi connectivity index (χ1) is 16.9. The lowest BCUT2D eigenvalue weighted by molar-refractivity contribution is -0.118. The van der Waals surface area contributed by atoms with Crippen LogP contribution in [0.25, 0.3) is 0 Å². The highest BCUT2D eigenvalue weighted by atomic mass is 16.5. The Hall–Kier alpha value is -2.04. The fourth-order valence-electron chi connectivity index (χ4n) is 4.84. The molecule has 0 aliphatic carbocycles. The third kappa shape index (κ3) is 11.0. The van der Waals surface area contributed by atoms with Crippen LogP contribution in [0.2, 0.25) is 0 Å². The van der Waals surface area contributed by atoms with E-state index in [0.717, 1.165) is 19.3 Å². The minimum absolute atomic E-state index is 0.0770. The number of hydrogen-bond donors (Lipinski definition) is 1. The summed E-state index contributed by atoms with van der Waals surface area (Å²) in [5.74, 6) is 0.0975. The molecule has 0 aliphatic rings. The zero-order chi connectivity index (χ0) is 26.1. The van der Waals surface area contributed by atoms with Gasteiger partial charge in [0.1, 0.15) is 28.6 Å². The second kappa shape index (κ2) is 18.3. The molecular weight excluding hydrogens is 440 g/mol. The molecule has 5 heteroatoms.